The van der Waals surface area contributed by atoms with Crippen LogP contribution in [0.1, 0.15) is 22.6 Å². The van der Waals surface area contributed by atoms with Gasteiger partial charge in [-0.1, -0.05) is 36.4 Å². The van der Waals surface area contributed by atoms with Crippen LogP contribution in [0.5, 0.6) is 17.4 Å². The molecule has 0 aliphatic carbocycles. The lowest BCUT2D eigenvalue weighted by Gasteiger charge is -2.25. The molecule has 0 saturated heterocycles. The van der Waals surface area contributed by atoms with Crippen molar-refractivity contribution in [2.75, 3.05) is 7.11 Å². The van der Waals surface area contributed by atoms with Gasteiger partial charge in [-0.25, -0.2) is 0 Å². The Morgan fingerprint density at radius 1 is 1.24 bits per heavy atom. The highest BCUT2D eigenvalue weighted by molar-refractivity contribution is 9.10. The van der Waals surface area contributed by atoms with Gasteiger partial charge in [0, 0.05) is 0 Å². The molecule has 7 nitrogen and oxygen atoms in total. The van der Waals surface area contributed by atoms with Crippen LogP contribution >= 0.6 is 27.3 Å². The highest BCUT2D eigenvalue weighted by Crippen LogP contribution is 2.49. The van der Waals surface area contributed by atoms with Gasteiger partial charge in [-0.15, -0.1) is 16.4 Å². The maximum Gasteiger partial charge on any atom is 0.244 e. The molecule has 0 spiro atoms. The summed E-state index contributed by atoms with van der Waals surface area (Å²) in [5.41, 5.74) is 9.80. The number of methoxy groups -OCH3 is 1. The van der Waals surface area contributed by atoms with Gasteiger partial charge >= 0.3 is 0 Å². The first kappa shape index (κ1) is 22.1. The van der Waals surface area contributed by atoms with E-state index in [-0.39, 0.29) is 5.88 Å². The minimum absolute atomic E-state index is 0.0312. The summed E-state index contributed by atoms with van der Waals surface area (Å²) in [4.78, 5) is 0.981. The van der Waals surface area contributed by atoms with E-state index in [2.05, 4.69) is 32.2 Å². The molecule has 1 aliphatic rings. The van der Waals surface area contributed by atoms with E-state index in [9.17, 15) is 5.26 Å². The van der Waals surface area contributed by atoms with Crippen LogP contribution in [0, 0.1) is 11.3 Å². The summed E-state index contributed by atoms with van der Waals surface area (Å²) in [5.74, 6) is 0.986. The number of benzene rings is 2. The zero-order chi connectivity index (χ0) is 23.7. The van der Waals surface area contributed by atoms with E-state index in [0.717, 1.165) is 27.3 Å². The number of aromatic nitrogens is 2. The molecule has 2 aromatic heterocycles. The third-order valence-electron chi connectivity index (χ3n) is 5.52. The Bertz CT molecular complexity index is 1410. The summed E-state index contributed by atoms with van der Waals surface area (Å²) in [6.45, 7) is 0.386. The quantitative estimate of drug-likeness (QED) is 0.328. The minimum Gasteiger partial charge on any atom is -0.493 e. The van der Waals surface area contributed by atoms with Crippen molar-refractivity contribution in [3.05, 3.63) is 92.6 Å². The van der Waals surface area contributed by atoms with Crippen LogP contribution in [0.25, 0.3) is 10.6 Å². The number of aromatic amines is 1. The van der Waals surface area contributed by atoms with E-state index < -0.39 is 5.92 Å². The van der Waals surface area contributed by atoms with Gasteiger partial charge < -0.3 is 19.9 Å². The average Bonchev–Trinajstić information content (AvgIpc) is 3.52. The molecule has 2 aromatic carbocycles. The van der Waals surface area contributed by atoms with Crippen molar-refractivity contribution in [3.8, 4) is 34.0 Å². The van der Waals surface area contributed by atoms with E-state index in [0.29, 0.717) is 34.0 Å². The number of nitriles is 1. The predicted octanol–water partition coefficient (Wildman–Crippen LogP) is 5.71. The van der Waals surface area contributed by atoms with Crippen LogP contribution in [0.3, 0.4) is 0 Å². The van der Waals surface area contributed by atoms with E-state index in [4.69, 9.17) is 19.9 Å². The summed E-state index contributed by atoms with van der Waals surface area (Å²) in [6, 6.07) is 19.8. The summed E-state index contributed by atoms with van der Waals surface area (Å²) in [5, 5.41) is 19.3. The van der Waals surface area contributed by atoms with E-state index in [1.807, 2.05) is 60.0 Å². The Balaban J connectivity index is 1.60. The number of rotatable bonds is 6. The van der Waals surface area contributed by atoms with Crippen molar-refractivity contribution in [2.24, 2.45) is 5.73 Å². The highest BCUT2D eigenvalue weighted by atomic mass is 79.9. The predicted molar refractivity (Wildman–Crippen MR) is 133 cm³/mol. The molecule has 0 saturated carbocycles. The Kier molecular flexibility index (Phi) is 6.01. The molecule has 0 unspecified atom stereocenters. The largest absolute Gasteiger partial charge is 0.493 e. The van der Waals surface area contributed by atoms with E-state index >= 15 is 0 Å². The number of hydrogen-bond acceptors (Lipinski definition) is 7. The van der Waals surface area contributed by atoms with E-state index in [1.54, 1.807) is 18.4 Å². The van der Waals surface area contributed by atoms with Crippen molar-refractivity contribution in [3.63, 3.8) is 0 Å². The molecule has 0 radical (unpaired) electrons. The molecule has 9 heteroatoms. The standard InChI is InChI=1S/C25H19BrN4O3S/c1-31-18-11-15(10-17(26)23(18)32-13-14-6-3-2-4-7-14)20-16(12-27)24(28)33-25-21(20)22(29-30-25)19-8-5-9-34-19/h2-11,20H,13,28H2,1H3,(H,29,30)/t20-/m0/s1. The first-order chi connectivity index (χ1) is 16.6. The molecule has 1 atom stereocenters. The number of thiophene rings is 1. The molecule has 0 amide bonds. The number of halogens is 1. The fourth-order valence-corrected chi connectivity index (χ4v) is 5.27. The first-order valence-corrected chi connectivity index (χ1v) is 12.0. The maximum absolute atomic E-state index is 9.97. The number of fused-ring (bicyclic) bond motifs is 1. The van der Waals surface area contributed by atoms with Crippen LogP contribution in [0.4, 0.5) is 0 Å². The third kappa shape index (κ3) is 3.91. The van der Waals surface area contributed by atoms with Crippen LogP contribution in [-0.2, 0) is 6.61 Å². The second kappa shape index (κ2) is 9.25. The molecule has 5 rings (SSSR count). The van der Waals surface area contributed by atoms with Gasteiger partial charge in [0.05, 0.1) is 33.6 Å². The Labute approximate surface area is 208 Å². The van der Waals surface area contributed by atoms with E-state index in [1.165, 1.54) is 0 Å². The fourth-order valence-electron chi connectivity index (χ4n) is 3.96. The van der Waals surface area contributed by atoms with Crippen LogP contribution in [0.2, 0.25) is 0 Å². The van der Waals surface area contributed by atoms with Crippen molar-refractivity contribution in [2.45, 2.75) is 12.5 Å². The third-order valence-corrected chi connectivity index (χ3v) is 6.99. The highest BCUT2D eigenvalue weighted by Gasteiger charge is 2.36. The van der Waals surface area contributed by atoms with Crippen molar-refractivity contribution >= 4 is 27.3 Å². The molecule has 0 bridgehead atoms. The number of ether oxygens (including phenoxy) is 3. The fraction of sp³-hybridized carbons (Fsp3) is 0.120. The Morgan fingerprint density at radius 3 is 2.76 bits per heavy atom. The van der Waals surface area contributed by atoms with Crippen LogP contribution in [-0.4, -0.2) is 17.3 Å². The molecule has 3 N–H and O–H groups in total. The number of hydrogen-bond donors (Lipinski definition) is 2. The number of H-pyrrole nitrogens is 1. The van der Waals surface area contributed by atoms with Crippen LogP contribution < -0.4 is 19.9 Å². The lowest BCUT2D eigenvalue weighted by atomic mass is 9.83. The SMILES string of the molecule is COc1cc([C@H]2C(C#N)=C(N)Oc3n[nH]c(-c4cccs4)c32)cc(Br)c1OCc1ccccc1. The Hall–Kier alpha value is -3.74. The number of allylic oxidation sites excluding steroid dienone is 1. The minimum atomic E-state index is -0.502. The van der Waals surface area contributed by atoms with Crippen molar-refractivity contribution in [1.82, 2.24) is 10.2 Å². The topological polar surface area (TPSA) is 106 Å². The van der Waals surface area contributed by atoms with Gasteiger partial charge in [-0.05, 0) is 50.6 Å². The second-order valence-corrected chi connectivity index (χ2v) is 9.33. The molecular formula is C25H19BrN4O3S. The van der Waals surface area contributed by atoms with Crippen LogP contribution in [0.15, 0.2) is 75.9 Å². The Morgan fingerprint density at radius 2 is 2.06 bits per heavy atom. The lowest BCUT2D eigenvalue weighted by molar-refractivity contribution is 0.282. The molecular weight excluding hydrogens is 516 g/mol. The van der Waals surface area contributed by atoms with Gasteiger partial charge in [-0.3, -0.25) is 5.10 Å². The van der Waals surface area contributed by atoms with Gasteiger partial charge in [0.15, 0.2) is 11.5 Å². The van der Waals surface area contributed by atoms with Gasteiger partial charge in [0.1, 0.15) is 18.2 Å². The summed E-state index contributed by atoms with van der Waals surface area (Å²) in [6.07, 6.45) is 0. The first-order valence-electron chi connectivity index (χ1n) is 10.3. The number of nitrogens with zero attached hydrogens (tertiary/aromatic N) is 2. The van der Waals surface area contributed by atoms with Crippen molar-refractivity contribution < 1.29 is 14.2 Å². The average molecular weight is 535 g/mol. The molecule has 34 heavy (non-hydrogen) atoms. The van der Waals surface area contributed by atoms with Gasteiger partial charge in [0.2, 0.25) is 11.8 Å². The van der Waals surface area contributed by atoms with Gasteiger partial charge in [-0.2, -0.15) is 5.26 Å². The lowest BCUT2D eigenvalue weighted by Crippen LogP contribution is -2.21. The summed E-state index contributed by atoms with van der Waals surface area (Å²) < 4.78 is 18.1. The molecule has 170 valence electrons. The molecule has 3 heterocycles. The molecule has 0 fully saturated rings. The number of nitrogens with one attached hydrogen (secondary N) is 1. The van der Waals surface area contributed by atoms with Gasteiger partial charge in [0.25, 0.3) is 0 Å². The smallest absolute Gasteiger partial charge is 0.244 e. The molecule has 4 aromatic rings. The molecule has 1 aliphatic heterocycles. The number of nitrogens with two attached hydrogens (primary N) is 1. The summed E-state index contributed by atoms with van der Waals surface area (Å²) >= 11 is 5.20. The normalized spacial score (nSPS) is 14.8. The maximum atomic E-state index is 9.97. The monoisotopic (exact) mass is 534 g/mol. The zero-order valence-electron chi connectivity index (χ0n) is 18.0. The second-order valence-electron chi connectivity index (χ2n) is 7.53. The van der Waals surface area contributed by atoms with Crippen molar-refractivity contribution in [1.29, 1.82) is 5.26 Å². The zero-order valence-corrected chi connectivity index (χ0v) is 20.4. The summed E-state index contributed by atoms with van der Waals surface area (Å²) in [7, 11) is 1.58.